The maximum atomic E-state index is 12.9. The summed E-state index contributed by atoms with van der Waals surface area (Å²) in [6.45, 7) is 5.51. The fourth-order valence-corrected chi connectivity index (χ4v) is 3.93. The standard InChI is InChI=1S/C21H26N2O5/c1-12-19(21(25)28-5)13(2)22-20(12)16(24)11-23-7-6-14-8-17(26-3)18(27-4)9-15(14)10-23/h8-9,22H,6-7,10-11H2,1-5H3/p+1. The van der Waals surface area contributed by atoms with E-state index >= 15 is 0 Å². The van der Waals surface area contributed by atoms with E-state index in [9.17, 15) is 9.59 Å². The minimum Gasteiger partial charge on any atom is -0.493 e. The number of Topliss-reactive ketones (excluding diaryl/α,β-unsaturated/α-hetero) is 1. The number of benzene rings is 1. The van der Waals surface area contributed by atoms with Gasteiger partial charge in [0.25, 0.3) is 0 Å². The summed E-state index contributed by atoms with van der Waals surface area (Å²) >= 11 is 0. The highest BCUT2D eigenvalue weighted by atomic mass is 16.5. The zero-order chi connectivity index (χ0) is 20.4. The number of carbonyl (C=O) groups is 2. The third-order valence-electron chi connectivity index (χ3n) is 5.41. The highest BCUT2D eigenvalue weighted by molar-refractivity contribution is 6.01. The molecule has 0 spiro atoms. The molecule has 150 valence electrons. The number of aryl methyl sites for hydroxylation is 1. The SMILES string of the molecule is COC(=O)c1c(C)[nH]c(C(=O)C[NH+]2CCc3cc(OC)c(OC)cc3C2)c1C. The summed E-state index contributed by atoms with van der Waals surface area (Å²) < 4.78 is 15.6. The van der Waals surface area contributed by atoms with Crippen molar-refractivity contribution in [2.45, 2.75) is 26.8 Å². The van der Waals surface area contributed by atoms with Crippen LogP contribution in [0.2, 0.25) is 0 Å². The van der Waals surface area contributed by atoms with Crippen molar-refractivity contribution in [3.8, 4) is 11.5 Å². The van der Waals surface area contributed by atoms with Crippen molar-refractivity contribution in [2.75, 3.05) is 34.4 Å². The van der Waals surface area contributed by atoms with Crippen LogP contribution in [0.5, 0.6) is 11.5 Å². The molecule has 1 aromatic heterocycles. The summed E-state index contributed by atoms with van der Waals surface area (Å²) in [5.74, 6) is 1.00. The van der Waals surface area contributed by atoms with Crippen molar-refractivity contribution >= 4 is 11.8 Å². The van der Waals surface area contributed by atoms with E-state index in [1.54, 1.807) is 28.1 Å². The van der Waals surface area contributed by atoms with Crippen molar-refractivity contribution in [1.29, 1.82) is 0 Å². The highest BCUT2D eigenvalue weighted by Gasteiger charge is 2.28. The first-order valence-corrected chi connectivity index (χ1v) is 9.27. The topological polar surface area (TPSA) is 82.1 Å². The van der Waals surface area contributed by atoms with E-state index in [0.717, 1.165) is 25.3 Å². The molecule has 1 atom stereocenters. The maximum Gasteiger partial charge on any atom is 0.339 e. The summed E-state index contributed by atoms with van der Waals surface area (Å²) in [6, 6.07) is 4.02. The molecule has 0 aliphatic carbocycles. The Morgan fingerprint density at radius 2 is 1.71 bits per heavy atom. The summed E-state index contributed by atoms with van der Waals surface area (Å²) in [5.41, 5.74) is 4.64. The van der Waals surface area contributed by atoms with Gasteiger partial charge in [0.1, 0.15) is 13.1 Å². The zero-order valence-electron chi connectivity index (χ0n) is 17.0. The van der Waals surface area contributed by atoms with Gasteiger partial charge in [-0.1, -0.05) is 0 Å². The van der Waals surface area contributed by atoms with Gasteiger partial charge < -0.3 is 24.1 Å². The number of fused-ring (bicyclic) bond motifs is 1. The molecule has 7 nitrogen and oxygen atoms in total. The number of H-pyrrole nitrogens is 1. The molecule has 0 bridgehead atoms. The lowest BCUT2D eigenvalue weighted by atomic mass is 9.98. The normalized spacial score (nSPS) is 15.7. The summed E-state index contributed by atoms with van der Waals surface area (Å²) in [6.07, 6.45) is 0.869. The Morgan fingerprint density at radius 3 is 2.32 bits per heavy atom. The van der Waals surface area contributed by atoms with Crippen molar-refractivity contribution < 1.29 is 28.7 Å². The van der Waals surface area contributed by atoms with E-state index in [4.69, 9.17) is 14.2 Å². The quantitative estimate of drug-likeness (QED) is 0.576. The molecular weight excluding hydrogens is 360 g/mol. The first-order valence-electron chi connectivity index (χ1n) is 9.27. The van der Waals surface area contributed by atoms with Crippen LogP contribution in [0, 0.1) is 13.8 Å². The van der Waals surface area contributed by atoms with Crippen LogP contribution in [0.1, 0.15) is 43.2 Å². The lowest BCUT2D eigenvalue weighted by Gasteiger charge is -2.26. The molecule has 2 heterocycles. The van der Waals surface area contributed by atoms with Crippen LogP contribution in [0.3, 0.4) is 0 Å². The van der Waals surface area contributed by atoms with Crippen LogP contribution >= 0.6 is 0 Å². The Kier molecular flexibility index (Phi) is 5.74. The molecule has 0 radical (unpaired) electrons. The van der Waals surface area contributed by atoms with Crippen molar-refractivity contribution in [2.24, 2.45) is 0 Å². The monoisotopic (exact) mass is 387 g/mol. The summed E-state index contributed by atoms with van der Waals surface area (Å²) in [4.78, 5) is 29.1. The number of hydrogen-bond acceptors (Lipinski definition) is 5. The first kappa shape index (κ1) is 19.9. The fraction of sp³-hybridized carbons (Fsp3) is 0.429. The van der Waals surface area contributed by atoms with Gasteiger partial charge in [-0.15, -0.1) is 0 Å². The summed E-state index contributed by atoms with van der Waals surface area (Å²) in [7, 11) is 4.59. The van der Waals surface area contributed by atoms with E-state index in [1.807, 2.05) is 12.1 Å². The van der Waals surface area contributed by atoms with Crippen LogP contribution < -0.4 is 14.4 Å². The Morgan fingerprint density at radius 1 is 1.07 bits per heavy atom. The van der Waals surface area contributed by atoms with Crippen LogP contribution in [-0.4, -0.2) is 51.2 Å². The first-order chi connectivity index (χ1) is 13.4. The molecule has 0 saturated heterocycles. The second-order valence-electron chi connectivity index (χ2n) is 7.12. The molecule has 2 N–H and O–H groups in total. The minimum absolute atomic E-state index is 0.00493. The van der Waals surface area contributed by atoms with Gasteiger partial charge in [0.2, 0.25) is 5.78 Å². The molecule has 1 aliphatic rings. The average molecular weight is 387 g/mol. The van der Waals surface area contributed by atoms with E-state index < -0.39 is 5.97 Å². The smallest absolute Gasteiger partial charge is 0.339 e. The number of ketones is 1. The average Bonchev–Trinajstić information content (AvgIpc) is 3.00. The van der Waals surface area contributed by atoms with Crippen LogP contribution in [0.15, 0.2) is 12.1 Å². The lowest BCUT2D eigenvalue weighted by Crippen LogP contribution is -3.12. The van der Waals surface area contributed by atoms with E-state index in [2.05, 4.69) is 4.98 Å². The van der Waals surface area contributed by atoms with Crippen LogP contribution in [0.25, 0.3) is 0 Å². The second kappa shape index (κ2) is 8.06. The number of carbonyl (C=O) groups excluding carboxylic acids is 2. The number of hydrogen-bond donors (Lipinski definition) is 2. The summed E-state index contributed by atoms with van der Waals surface area (Å²) in [5, 5.41) is 0. The molecule has 0 amide bonds. The van der Waals surface area contributed by atoms with Gasteiger partial charge in [-0.2, -0.15) is 0 Å². The van der Waals surface area contributed by atoms with Crippen molar-refractivity contribution in [3.05, 3.63) is 45.8 Å². The van der Waals surface area contributed by atoms with E-state index in [1.165, 1.54) is 23.1 Å². The Labute approximate surface area is 164 Å². The molecule has 1 unspecified atom stereocenters. The Bertz CT molecular complexity index is 916. The number of esters is 1. The number of methoxy groups -OCH3 is 3. The highest BCUT2D eigenvalue weighted by Crippen LogP contribution is 2.31. The molecule has 0 fully saturated rings. The lowest BCUT2D eigenvalue weighted by molar-refractivity contribution is -0.907. The molecule has 7 heteroatoms. The van der Waals surface area contributed by atoms with Crippen LogP contribution in [-0.2, 0) is 17.7 Å². The molecule has 1 aliphatic heterocycles. The van der Waals surface area contributed by atoms with E-state index in [0.29, 0.717) is 34.8 Å². The Balaban J connectivity index is 1.77. The minimum atomic E-state index is -0.425. The van der Waals surface area contributed by atoms with Gasteiger partial charge in [0.05, 0.1) is 39.1 Å². The van der Waals surface area contributed by atoms with Gasteiger partial charge in [0.15, 0.2) is 11.5 Å². The van der Waals surface area contributed by atoms with Crippen molar-refractivity contribution in [1.82, 2.24) is 4.98 Å². The second-order valence-corrected chi connectivity index (χ2v) is 7.12. The molecule has 28 heavy (non-hydrogen) atoms. The van der Waals surface area contributed by atoms with Gasteiger partial charge >= 0.3 is 5.97 Å². The van der Waals surface area contributed by atoms with Gasteiger partial charge in [-0.25, -0.2) is 4.79 Å². The third-order valence-corrected chi connectivity index (χ3v) is 5.41. The number of nitrogens with one attached hydrogen (secondary N) is 2. The van der Waals surface area contributed by atoms with Gasteiger partial charge in [0, 0.05) is 17.7 Å². The molecule has 3 rings (SSSR count). The molecule has 2 aromatic rings. The zero-order valence-corrected chi connectivity index (χ0v) is 17.0. The van der Waals surface area contributed by atoms with E-state index in [-0.39, 0.29) is 5.78 Å². The number of rotatable bonds is 6. The number of ether oxygens (including phenoxy) is 3. The number of quaternary nitrogens is 1. The number of aromatic amines is 1. The van der Waals surface area contributed by atoms with Crippen molar-refractivity contribution in [3.63, 3.8) is 0 Å². The van der Waals surface area contributed by atoms with Crippen LogP contribution in [0.4, 0.5) is 0 Å². The third kappa shape index (κ3) is 3.62. The molecular formula is C21H27N2O5+. The predicted molar refractivity (Wildman–Crippen MR) is 104 cm³/mol. The Hall–Kier alpha value is -2.80. The fourth-order valence-electron chi connectivity index (χ4n) is 3.93. The molecule has 1 aromatic carbocycles. The van der Waals surface area contributed by atoms with Gasteiger partial charge in [-0.3, -0.25) is 4.79 Å². The molecule has 0 saturated carbocycles. The van der Waals surface area contributed by atoms with Gasteiger partial charge in [-0.05, 0) is 37.1 Å². The largest absolute Gasteiger partial charge is 0.493 e. The predicted octanol–water partition coefficient (Wildman–Crippen LogP) is 1.26. The maximum absolute atomic E-state index is 12.9. The number of aromatic nitrogens is 1.